The predicted octanol–water partition coefficient (Wildman–Crippen LogP) is 3.22. The molecule has 0 radical (unpaired) electrons. The molecule has 1 atom stereocenters. The van der Waals surface area contributed by atoms with Crippen molar-refractivity contribution in [1.82, 2.24) is 5.32 Å². The van der Waals surface area contributed by atoms with E-state index in [-0.39, 0.29) is 18.5 Å². The molecule has 0 aliphatic rings. The smallest absolute Gasteiger partial charge is 0.239 e. The zero-order valence-corrected chi connectivity index (χ0v) is 11.3. The number of carbonyl (C=O) groups is 1. The second kappa shape index (κ2) is 6.29. The van der Waals surface area contributed by atoms with Crippen LogP contribution in [0.5, 0.6) is 0 Å². The third-order valence-electron chi connectivity index (χ3n) is 2.66. The van der Waals surface area contributed by atoms with Crippen LogP contribution < -0.4 is 10.6 Å². The molecule has 2 rings (SSSR count). The van der Waals surface area contributed by atoms with E-state index in [1.807, 2.05) is 31.2 Å². The summed E-state index contributed by atoms with van der Waals surface area (Å²) in [6.07, 6.45) is 1.58. The van der Waals surface area contributed by atoms with Crippen molar-refractivity contribution in [2.75, 3.05) is 11.9 Å². The number of halogens is 1. The minimum atomic E-state index is -0.157. The monoisotopic (exact) mass is 278 g/mol. The largest absolute Gasteiger partial charge is 0.467 e. The molecule has 0 saturated heterocycles. The van der Waals surface area contributed by atoms with Crippen LogP contribution in [0.3, 0.4) is 0 Å². The lowest BCUT2D eigenvalue weighted by Gasteiger charge is -2.12. The molecule has 4 nitrogen and oxygen atoms in total. The van der Waals surface area contributed by atoms with Gasteiger partial charge >= 0.3 is 0 Å². The van der Waals surface area contributed by atoms with Crippen LogP contribution in [-0.2, 0) is 4.79 Å². The van der Waals surface area contributed by atoms with Gasteiger partial charge < -0.3 is 15.1 Å². The molecule has 0 fully saturated rings. The van der Waals surface area contributed by atoms with E-state index in [0.29, 0.717) is 5.02 Å². The van der Waals surface area contributed by atoms with Crippen LogP contribution in [0.4, 0.5) is 5.69 Å². The fraction of sp³-hybridized carbons (Fsp3) is 0.214. The molecule has 0 aliphatic carbocycles. The second-order valence-corrected chi connectivity index (χ2v) is 4.55. The van der Waals surface area contributed by atoms with E-state index in [0.717, 1.165) is 11.4 Å². The Morgan fingerprint density at radius 1 is 1.32 bits per heavy atom. The van der Waals surface area contributed by atoms with Crippen LogP contribution >= 0.6 is 11.6 Å². The number of benzene rings is 1. The highest BCUT2D eigenvalue weighted by atomic mass is 35.5. The van der Waals surface area contributed by atoms with Crippen LogP contribution in [0.15, 0.2) is 47.1 Å². The quantitative estimate of drug-likeness (QED) is 0.883. The van der Waals surface area contributed by atoms with E-state index in [4.69, 9.17) is 16.0 Å². The molecule has 0 spiro atoms. The zero-order valence-electron chi connectivity index (χ0n) is 10.5. The van der Waals surface area contributed by atoms with Crippen LogP contribution in [-0.4, -0.2) is 12.5 Å². The Kier molecular flexibility index (Phi) is 4.47. The fourth-order valence-corrected chi connectivity index (χ4v) is 1.88. The van der Waals surface area contributed by atoms with E-state index >= 15 is 0 Å². The lowest BCUT2D eigenvalue weighted by atomic mass is 10.2. The molecule has 1 aromatic carbocycles. The Balaban J connectivity index is 1.84. The maximum atomic E-state index is 11.8. The molecule has 1 amide bonds. The number of rotatable bonds is 5. The Morgan fingerprint density at radius 2 is 2.11 bits per heavy atom. The van der Waals surface area contributed by atoms with E-state index in [9.17, 15) is 4.79 Å². The topological polar surface area (TPSA) is 54.3 Å². The first kappa shape index (κ1) is 13.5. The predicted molar refractivity (Wildman–Crippen MR) is 75.2 cm³/mol. The molecule has 19 heavy (non-hydrogen) atoms. The van der Waals surface area contributed by atoms with Gasteiger partial charge in [-0.05, 0) is 31.2 Å². The maximum absolute atomic E-state index is 11.8. The van der Waals surface area contributed by atoms with Gasteiger partial charge in [-0.25, -0.2) is 0 Å². The van der Waals surface area contributed by atoms with Gasteiger partial charge in [-0.1, -0.05) is 23.7 Å². The normalized spacial score (nSPS) is 11.9. The number of amides is 1. The van der Waals surface area contributed by atoms with Crippen molar-refractivity contribution in [2.24, 2.45) is 0 Å². The Hall–Kier alpha value is -1.94. The first-order valence-electron chi connectivity index (χ1n) is 5.98. The Labute approximate surface area is 116 Å². The van der Waals surface area contributed by atoms with Crippen molar-refractivity contribution in [3.63, 3.8) is 0 Å². The van der Waals surface area contributed by atoms with Crippen molar-refractivity contribution in [3.05, 3.63) is 53.4 Å². The van der Waals surface area contributed by atoms with Gasteiger partial charge in [0, 0.05) is 0 Å². The lowest BCUT2D eigenvalue weighted by Crippen LogP contribution is -2.31. The average Bonchev–Trinajstić information content (AvgIpc) is 2.91. The van der Waals surface area contributed by atoms with Crippen molar-refractivity contribution in [2.45, 2.75) is 13.0 Å². The van der Waals surface area contributed by atoms with E-state index in [1.54, 1.807) is 18.4 Å². The minimum absolute atomic E-state index is 0.121. The summed E-state index contributed by atoms with van der Waals surface area (Å²) in [6.45, 7) is 2.03. The van der Waals surface area contributed by atoms with Crippen molar-refractivity contribution < 1.29 is 9.21 Å². The third-order valence-corrected chi connectivity index (χ3v) is 2.99. The minimum Gasteiger partial charge on any atom is -0.467 e. The van der Waals surface area contributed by atoms with Crippen LogP contribution in [0, 0.1) is 0 Å². The van der Waals surface area contributed by atoms with Gasteiger partial charge in [-0.15, -0.1) is 0 Å². The maximum Gasteiger partial charge on any atom is 0.239 e. The third kappa shape index (κ3) is 3.76. The first-order valence-corrected chi connectivity index (χ1v) is 6.36. The molecule has 0 saturated carbocycles. The summed E-state index contributed by atoms with van der Waals surface area (Å²) in [4.78, 5) is 11.8. The number of hydrogen-bond acceptors (Lipinski definition) is 3. The molecule has 1 heterocycles. The second-order valence-electron chi connectivity index (χ2n) is 4.14. The van der Waals surface area contributed by atoms with Gasteiger partial charge in [-0.2, -0.15) is 0 Å². The SMILES string of the molecule is CC(NC(=O)CNc1ccccc1Cl)c1ccco1. The molecule has 5 heteroatoms. The van der Waals surface area contributed by atoms with Gasteiger partial charge in [0.25, 0.3) is 0 Å². The molecule has 0 aliphatic heterocycles. The van der Waals surface area contributed by atoms with E-state index in [1.165, 1.54) is 0 Å². The molecule has 2 N–H and O–H groups in total. The van der Waals surface area contributed by atoms with Gasteiger partial charge in [-0.3, -0.25) is 4.79 Å². The van der Waals surface area contributed by atoms with Gasteiger partial charge in [0.15, 0.2) is 0 Å². The van der Waals surface area contributed by atoms with E-state index < -0.39 is 0 Å². The van der Waals surface area contributed by atoms with Crippen LogP contribution in [0.2, 0.25) is 5.02 Å². The molecule has 1 aromatic heterocycles. The highest BCUT2D eigenvalue weighted by Gasteiger charge is 2.11. The summed E-state index contributed by atoms with van der Waals surface area (Å²) in [5.74, 6) is 0.606. The summed E-state index contributed by atoms with van der Waals surface area (Å²) in [5, 5.41) is 6.41. The van der Waals surface area contributed by atoms with Crippen molar-refractivity contribution in [3.8, 4) is 0 Å². The molecule has 0 bridgehead atoms. The molecule has 1 unspecified atom stereocenters. The number of furan rings is 1. The standard InChI is InChI=1S/C14H15ClN2O2/c1-10(13-7-4-8-19-13)17-14(18)9-16-12-6-3-2-5-11(12)15/h2-8,10,16H,9H2,1H3,(H,17,18). The summed E-state index contributed by atoms with van der Waals surface area (Å²) in [7, 11) is 0. The molecular weight excluding hydrogens is 264 g/mol. The molecule has 2 aromatic rings. The number of nitrogens with one attached hydrogen (secondary N) is 2. The zero-order chi connectivity index (χ0) is 13.7. The summed E-state index contributed by atoms with van der Waals surface area (Å²) < 4.78 is 5.22. The molecular formula is C14H15ClN2O2. The highest BCUT2D eigenvalue weighted by molar-refractivity contribution is 6.33. The number of para-hydroxylation sites is 1. The molecule has 100 valence electrons. The van der Waals surface area contributed by atoms with Gasteiger partial charge in [0.2, 0.25) is 5.91 Å². The first-order chi connectivity index (χ1) is 9.16. The van der Waals surface area contributed by atoms with Crippen molar-refractivity contribution >= 4 is 23.2 Å². The summed E-state index contributed by atoms with van der Waals surface area (Å²) in [6, 6.07) is 10.8. The average molecular weight is 279 g/mol. The van der Waals surface area contributed by atoms with Crippen molar-refractivity contribution in [1.29, 1.82) is 0 Å². The summed E-state index contributed by atoms with van der Waals surface area (Å²) in [5.41, 5.74) is 0.741. The number of anilines is 1. The van der Waals surface area contributed by atoms with Crippen LogP contribution in [0.25, 0.3) is 0 Å². The van der Waals surface area contributed by atoms with Gasteiger partial charge in [0.05, 0.1) is 29.6 Å². The number of hydrogen-bond donors (Lipinski definition) is 2. The van der Waals surface area contributed by atoms with Gasteiger partial charge in [0.1, 0.15) is 5.76 Å². The fourth-order valence-electron chi connectivity index (χ4n) is 1.68. The lowest BCUT2D eigenvalue weighted by molar-refractivity contribution is -0.120. The Bertz CT molecular complexity index is 540. The Morgan fingerprint density at radius 3 is 2.79 bits per heavy atom. The number of carbonyl (C=O) groups excluding carboxylic acids is 1. The van der Waals surface area contributed by atoms with Crippen LogP contribution in [0.1, 0.15) is 18.7 Å². The summed E-state index contributed by atoms with van der Waals surface area (Å²) >= 11 is 5.99. The highest BCUT2D eigenvalue weighted by Crippen LogP contribution is 2.20. The van der Waals surface area contributed by atoms with E-state index in [2.05, 4.69) is 10.6 Å².